The van der Waals surface area contributed by atoms with Gasteiger partial charge in [-0.2, -0.15) is 5.26 Å². The lowest BCUT2D eigenvalue weighted by Crippen LogP contribution is -2.25. The summed E-state index contributed by atoms with van der Waals surface area (Å²) in [6, 6.07) is 22.3. The molecular formula is C34H45N5O3. The highest BCUT2D eigenvalue weighted by Gasteiger charge is 2.13. The minimum atomic E-state index is 0.189. The van der Waals surface area contributed by atoms with Crippen molar-refractivity contribution in [1.29, 1.82) is 5.26 Å². The number of nitrogens with zero attached hydrogens (tertiary/aromatic N) is 4. The molecule has 1 aromatic heterocycles. The topological polar surface area (TPSA) is 97.6 Å². The summed E-state index contributed by atoms with van der Waals surface area (Å²) in [6.45, 7) is 16.5. The molecule has 0 radical (unpaired) electrons. The van der Waals surface area contributed by atoms with Crippen LogP contribution in [0.25, 0.3) is 22.4 Å². The summed E-state index contributed by atoms with van der Waals surface area (Å²) in [5.74, 6) is 2.64. The summed E-state index contributed by atoms with van der Waals surface area (Å²) in [7, 11) is 0. The van der Waals surface area contributed by atoms with E-state index in [2.05, 4.69) is 54.6 Å². The summed E-state index contributed by atoms with van der Waals surface area (Å²) in [6.07, 6.45) is 1.98. The van der Waals surface area contributed by atoms with Crippen LogP contribution in [0.1, 0.15) is 46.1 Å². The molecule has 3 aromatic carbocycles. The largest absolute Gasteiger partial charge is 0.508 e. The van der Waals surface area contributed by atoms with Crippen molar-refractivity contribution in [3.63, 3.8) is 0 Å². The van der Waals surface area contributed by atoms with Crippen LogP contribution in [0.5, 0.6) is 17.2 Å². The maximum absolute atomic E-state index is 8.74. The van der Waals surface area contributed by atoms with Crippen molar-refractivity contribution < 1.29 is 14.6 Å². The maximum atomic E-state index is 8.74. The van der Waals surface area contributed by atoms with Gasteiger partial charge in [0.1, 0.15) is 22.8 Å². The monoisotopic (exact) mass is 571 g/mol. The number of phenols is 1. The number of H-pyrrole nitrogens is 1. The Hall–Kier alpha value is -4.06. The Kier molecular flexibility index (Phi) is 13.7. The average molecular weight is 572 g/mol. The molecule has 0 unspecified atom stereocenters. The second-order valence-corrected chi connectivity index (χ2v) is 9.89. The fourth-order valence-corrected chi connectivity index (χ4v) is 4.55. The number of ether oxygens (including phenoxy) is 2. The Labute approximate surface area is 250 Å². The number of nitriles is 1. The van der Waals surface area contributed by atoms with Gasteiger partial charge in [0.15, 0.2) is 5.75 Å². The summed E-state index contributed by atoms with van der Waals surface area (Å²) in [4.78, 5) is 13.1. The lowest BCUT2D eigenvalue weighted by atomic mass is 10.2. The molecule has 42 heavy (non-hydrogen) atoms. The number of hydrogen-bond acceptors (Lipinski definition) is 7. The fraction of sp³-hybridized carbons (Fsp3) is 0.412. The molecule has 8 nitrogen and oxygen atoms in total. The van der Waals surface area contributed by atoms with E-state index in [4.69, 9.17) is 24.8 Å². The van der Waals surface area contributed by atoms with Gasteiger partial charge < -0.3 is 29.4 Å². The number of aromatic hydroxyl groups is 1. The first kappa shape index (κ1) is 32.5. The molecule has 0 atom stereocenters. The zero-order chi connectivity index (χ0) is 30.2. The number of hydrogen-bond donors (Lipinski definition) is 2. The molecule has 8 heteroatoms. The van der Waals surface area contributed by atoms with E-state index in [0.29, 0.717) is 18.8 Å². The molecule has 0 aliphatic heterocycles. The van der Waals surface area contributed by atoms with E-state index in [1.54, 1.807) is 12.1 Å². The van der Waals surface area contributed by atoms with E-state index in [1.165, 1.54) is 12.1 Å². The first-order valence-corrected chi connectivity index (χ1v) is 15.0. The number of fused-ring (bicyclic) bond motifs is 1. The highest BCUT2D eigenvalue weighted by atomic mass is 16.5. The molecule has 0 aliphatic rings. The zero-order valence-corrected chi connectivity index (χ0v) is 25.5. The van der Waals surface area contributed by atoms with Crippen LogP contribution in [0.4, 0.5) is 0 Å². The van der Waals surface area contributed by atoms with Gasteiger partial charge in [0.25, 0.3) is 0 Å². The smallest absolute Gasteiger partial charge is 0.150 e. The third-order valence-corrected chi connectivity index (χ3v) is 7.12. The molecule has 2 N–H and O–H groups in total. The first-order chi connectivity index (χ1) is 20.5. The molecule has 0 fully saturated rings. The van der Waals surface area contributed by atoms with Crippen LogP contribution >= 0.6 is 0 Å². The van der Waals surface area contributed by atoms with Crippen molar-refractivity contribution in [3.05, 3.63) is 72.3 Å². The van der Waals surface area contributed by atoms with E-state index < -0.39 is 0 Å². The van der Waals surface area contributed by atoms with Gasteiger partial charge in [-0.25, -0.2) is 4.98 Å². The van der Waals surface area contributed by atoms with E-state index in [-0.39, 0.29) is 5.75 Å². The number of imidazole rings is 1. The number of benzene rings is 3. The predicted octanol–water partition coefficient (Wildman–Crippen LogP) is 6.72. The van der Waals surface area contributed by atoms with Gasteiger partial charge in [-0.05, 0) is 63.3 Å². The van der Waals surface area contributed by atoms with Crippen LogP contribution in [0.15, 0.2) is 66.7 Å². The second kappa shape index (κ2) is 17.7. The standard InChI is InChI=1S/C27H40N4O2.C7H5NO/c1-5-30(6-2)16-12-18-32-23-20-24-26(29-27(28-24)22-14-10-9-11-15-22)25(21-23)33-19-13-17-31(7-3)8-4;8-5-6-1-3-7(9)4-2-6/h9-11,14-15,20-21H,5-8,12-13,16-19H2,1-4H3,(H,28,29);1-4,9H. The predicted molar refractivity (Wildman–Crippen MR) is 170 cm³/mol. The Balaban J connectivity index is 0.000000458. The number of nitrogens with one attached hydrogen (secondary N) is 1. The number of phenolic OH excluding ortho intramolecular Hbond substituents is 1. The minimum absolute atomic E-state index is 0.189. The van der Waals surface area contributed by atoms with Crippen molar-refractivity contribution in [3.8, 4) is 34.7 Å². The molecule has 4 rings (SSSR count). The molecule has 0 bridgehead atoms. The Morgan fingerprint density at radius 3 is 1.98 bits per heavy atom. The average Bonchev–Trinajstić information content (AvgIpc) is 3.47. The summed E-state index contributed by atoms with van der Waals surface area (Å²) in [5, 5.41) is 17.0. The SMILES string of the molecule is CCN(CC)CCCOc1cc(OCCCN(CC)CC)c2nc(-c3ccccc3)[nH]c2c1.N#Cc1ccc(O)cc1. The van der Waals surface area contributed by atoms with Gasteiger partial charge >= 0.3 is 0 Å². The number of aromatic nitrogens is 2. The molecule has 1 heterocycles. The van der Waals surface area contributed by atoms with Crippen LogP contribution in [0, 0.1) is 11.3 Å². The van der Waals surface area contributed by atoms with Gasteiger partial charge in [0.05, 0.1) is 30.4 Å². The highest BCUT2D eigenvalue weighted by molar-refractivity contribution is 5.86. The van der Waals surface area contributed by atoms with Gasteiger partial charge in [-0.15, -0.1) is 0 Å². The van der Waals surface area contributed by atoms with Crippen molar-refractivity contribution in [1.82, 2.24) is 19.8 Å². The molecule has 0 aliphatic carbocycles. The molecular weight excluding hydrogens is 526 g/mol. The minimum Gasteiger partial charge on any atom is -0.508 e. The quantitative estimate of drug-likeness (QED) is 0.153. The molecule has 0 saturated carbocycles. The highest BCUT2D eigenvalue weighted by Crippen LogP contribution is 2.32. The lowest BCUT2D eigenvalue weighted by Gasteiger charge is -2.18. The first-order valence-electron chi connectivity index (χ1n) is 15.0. The molecule has 224 valence electrons. The molecule has 0 spiro atoms. The van der Waals surface area contributed by atoms with Crippen LogP contribution in [0.3, 0.4) is 0 Å². The van der Waals surface area contributed by atoms with E-state index in [0.717, 1.165) is 86.0 Å². The van der Waals surface area contributed by atoms with Gasteiger partial charge in [-0.3, -0.25) is 0 Å². The summed E-state index contributed by atoms with van der Waals surface area (Å²) in [5.41, 5.74) is 3.41. The van der Waals surface area contributed by atoms with Crippen LogP contribution in [-0.4, -0.2) is 77.4 Å². The van der Waals surface area contributed by atoms with Crippen molar-refractivity contribution in [2.75, 3.05) is 52.5 Å². The number of rotatable bonds is 15. The van der Waals surface area contributed by atoms with E-state index in [1.807, 2.05) is 36.4 Å². The molecule has 0 amide bonds. The van der Waals surface area contributed by atoms with Crippen LogP contribution in [-0.2, 0) is 0 Å². The third kappa shape index (κ3) is 10.1. The fourth-order valence-electron chi connectivity index (χ4n) is 4.55. The van der Waals surface area contributed by atoms with Crippen molar-refractivity contribution in [2.45, 2.75) is 40.5 Å². The van der Waals surface area contributed by atoms with Crippen LogP contribution < -0.4 is 9.47 Å². The Bertz CT molecular complexity index is 1360. The van der Waals surface area contributed by atoms with Gasteiger partial charge in [0.2, 0.25) is 0 Å². The van der Waals surface area contributed by atoms with Gasteiger partial charge in [-0.1, -0.05) is 58.0 Å². The summed E-state index contributed by atoms with van der Waals surface area (Å²) < 4.78 is 12.4. The third-order valence-electron chi connectivity index (χ3n) is 7.12. The summed E-state index contributed by atoms with van der Waals surface area (Å²) >= 11 is 0. The lowest BCUT2D eigenvalue weighted by molar-refractivity contribution is 0.243. The van der Waals surface area contributed by atoms with Crippen LogP contribution in [0.2, 0.25) is 0 Å². The molecule has 4 aromatic rings. The maximum Gasteiger partial charge on any atom is 0.150 e. The Morgan fingerprint density at radius 2 is 1.40 bits per heavy atom. The van der Waals surface area contributed by atoms with E-state index >= 15 is 0 Å². The van der Waals surface area contributed by atoms with Gasteiger partial charge in [0, 0.05) is 30.8 Å². The second-order valence-electron chi connectivity index (χ2n) is 9.89. The van der Waals surface area contributed by atoms with E-state index in [9.17, 15) is 0 Å². The van der Waals surface area contributed by atoms with Crippen molar-refractivity contribution >= 4 is 11.0 Å². The van der Waals surface area contributed by atoms with Crippen molar-refractivity contribution in [2.24, 2.45) is 0 Å². The number of aromatic amines is 1. The Morgan fingerprint density at radius 1 is 0.810 bits per heavy atom. The normalized spacial score (nSPS) is 10.9. The molecule has 0 saturated heterocycles. The zero-order valence-electron chi connectivity index (χ0n) is 25.5.